The maximum atomic E-state index is 11.6. The number of thiazole rings is 1. The molecule has 1 atom stereocenters. The second-order valence-corrected chi connectivity index (χ2v) is 5.28. The molecule has 16 heavy (non-hydrogen) atoms. The number of carbonyl (C=O) groups excluding carboxylic acids is 1. The van der Waals surface area contributed by atoms with Crippen LogP contribution in [0.2, 0.25) is 0 Å². The van der Waals surface area contributed by atoms with Crippen LogP contribution in [0.3, 0.4) is 0 Å². The van der Waals surface area contributed by atoms with Crippen LogP contribution in [0.5, 0.6) is 0 Å². The number of carbonyl (C=O) groups is 1. The highest BCUT2D eigenvalue weighted by atomic mass is 32.1. The van der Waals surface area contributed by atoms with E-state index < -0.39 is 0 Å². The topological polar surface area (TPSA) is 68.0 Å². The van der Waals surface area contributed by atoms with Gasteiger partial charge in [0, 0.05) is 17.5 Å². The number of aryl methyl sites for hydroxylation is 1. The predicted molar refractivity (Wildman–Crippen MR) is 67.6 cm³/mol. The van der Waals surface area contributed by atoms with Gasteiger partial charge < -0.3 is 11.1 Å². The van der Waals surface area contributed by atoms with Gasteiger partial charge in [0.2, 0.25) is 5.91 Å². The van der Waals surface area contributed by atoms with Gasteiger partial charge in [0.15, 0.2) is 5.13 Å². The molecule has 0 radical (unpaired) electrons. The maximum Gasteiger partial charge on any atom is 0.226 e. The van der Waals surface area contributed by atoms with Crippen LogP contribution >= 0.6 is 11.3 Å². The van der Waals surface area contributed by atoms with Crippen LogP contribution in [0.15, 0.2) is 6.20 Å². The summed E-state index contributed by atoms with van der Waals surface area (Å²) < 4.78 is 0. The molecule has 0 aliphatic heterocycles. The molecule has 0 bridgehead atoms. The van der Waals surface area contributed by atoms with Crippen molar-refractivity contribution in [1.82, 2.24) is 4.98 Å². The van der Waals surface area contributed by atoms with Crippen molar-refractivity contribution in [2.75, 3.05) is 11.9 Å². The Morgan fingerprint density at radius 2 is 2.38 bits per heavy atom. The minimum Gasteiger partial charge on any atom is -0.330 e. The van der Waals surface area contributed by atoms with Crippen LogP contribution < -0.4 is 11.1 Å². The van der Waals surface area contributed by atoms with E-state index in [1.165, 1.54) is 11.3 Å². The zero-order valence-corrected chi connectivity index (χ0v) is 10.6. The Balaban J connectivity index is 2.26. The molecule has 1 heterocycles. The van der Waals surface area contributed by atoms with Gasteiger partial charge in [-0.1, -0.05) is 6.92 Å². The molecule has 3 N–H and O–H groups in total. The maximum absolute atomic E-state index is 11.6. The molecule has 0 aliphatic carbocycles. The first-order chi connectivity index (χ1) is 7.61. The first-order valence-corrected chi connectivity index (χ1v) is 6.35. The third-order valence-corrected chi connectivity index (χ3v) is 3.22. The highest BCUT2D eigenvalue weighted by molar-refractivity contribution is 7.15. The fourth-order valence-corrected chi connectivity index (χ4v) is 2.08. The van der Waals surface area contributed by atoms with Gasteiger partial charge in [0.05, 0.1) is 0 Å². The van der Waals surface area contributed by atoms with Crippen LogP contribution in [0, 0.1) is 12.8 Å². The standard InChI is InChI=1S/C11H19N3OS/c1-8(5-6-12)3-4-10(15)14-11-13-7-9(2)16-11/h7-8H,3-6,12H2,1-2H3,(H,13,14,15). The molecule has 5 heteroatoms. The summed E-state index contributed by atoms with van der Waals surface area (Å²) in [6.07, 6.45) is 4.16. The highest BCUT2D eigenvalue weighted by Gasteiger charge is 2.08. The van der Waals surface area contributed by atoms with Crippen LogP contribution in [0.1, 0.15) is 31.1 Å². The molecule has 1 amide bonds. The summed E-state index contributed by atoms with van der Waals surface area (Å²) in [5.41, 5.74) is 5.45. The monoisotopic (exact) mass is 241 g/mol. The van der Waals surface area contributed by atoms with Crippen molar-refractivity contribution in [2.45, 2.75) is 33.1 Å². The molecule has 1 aromatic rings. The van der Waals surface area contributed by atoms with Crippen molar-refractivity contribution < 1.29 is 4.79 Å². The summed E-state index contributed by atoms with van der Waals surface area (Å²) in [5, 5.41) is 3.49. The van der Waals surface area contributed by atoms with E-state index in [-0.39, 0.29) is 5.91 Å². The van der Waals surface area contributed by atoms with E-state index >= 15 is 0 Å². The zero-order chi connectivity index (χ0) is 12.0. The van der Waals surface area contributed by atoms with E-state index in [1.54, 1.807) is 6.20 Å². The highest BCUT2D eigenvalue weighted by Crippen LogP contribution is 2.17. The molecule has 0 aliphatic rings. The van der Waals surface area contributed by atoms with Gasteiger partial charge in [-0.2, -0.15) is 0 Å². The van der Waals surface area contributed by atoms with Crippen molar-refractivity contribution in [2.24, 2.45) is 11.7 Å². The fraction of sp³-hybridized carbons (Fsp3) is 0.636. The van der Waals surface area contributed by atoms with Gasteiger partial charge in [-0.05, 0) is 32.2 Å². The van der Waals surface area contributed by atoms with Crippen LogP contribution in [0.4, 0.5) is 5.13 Å². The van der Waals surface area contributed by atoms with Crippen LogP contribution in [-0.4, -0.2) is 17.4 Å². The number of rotatable bonds is 6. The normalized spacial score (nSPS) is 12.4. The Bertz CT molecular complexity index is 338. The summed E-state index contributed by atoms with van der Waals surface area (Å²) in [6, 6.07) is 0. The number of nitrogens with two attached hydrogens (primary N) is 1. The van der Waals surface area contributed by atoms with Crippen LogP contribution in [0.25, 0.3) is 0 Å². The number of hydrogen-bond donors (Lipinski definition) is 2. The molecule has 1 unspecified atom stereocenters. The van der Waals surface area contributed by atoms with E-state index in [2.05, 4.69) is 17.2 Å². The molecule has 0 saturated heterocycles. The van der Waals surface area contributed by atoms with E-state index in [4.69, 9.17) is 5.73 Å². The van der Waals surface area contributed by atoms with Gasteiger partial charge in [-0.15, -0.1) is 11.3 Å². The summed E-state index contributed by atoms with van der Waals surface area (Å²) in [4.78, 5) is 16.7. The fourth-order valence-electron chi connectivity index (χ4n) is 1.40. The third kappa shape index (κ3) is 4.72. The molecule has 0 saturated carbocycles. The Morgan fingerprint density at radius 1 is 1.62 bits per heavy atom. The molecule has 1 rings (SSSR count). The van der Waals surface area contributed by atoms with Crippen molar-refractivity contribution in [1.29, 1.82) is 0 Å². The first-order valence-electron chi connectivity index (χ1n) is 5.54. The molecule has 0 aromatic carbocycles. The van der Waals surface area contributed by atoms with Gasteiger partial charge in [0.1, 0.15) is 0 Å². The van der Waals surface area contributed by atoms with Gasteiger partial charge >= 0.3 is 0 Å². The van der Waals surface area contributed by atoms with E-state index in [0.29, 0.717) is 24.0 Å². The Morgan fingerprint density at radius 3 is 2.94 bits per heavy atom. The second kappa shape index (κ2) is 6.60. The Labute approximate surface area is 100 Å². The lowest BCUT2D eigenvalue weighted by molar-refractivity contribution is -0.116. The summed E-state index contributed by atoms with van der Waals surface area (Å²) >= 11 is 1.50. The first kappa shape index (κ1) is 13.1. The lowest BCUT2D eigenvalue weighted by atomic mass is 10.0. The molecule has 0 spiro atoms. The van der Waals surface area contributed by atoms with Crippen molar-refractivity contribution in [3.8, 4) is 0 Å². The summed E-state index contributed by atoms with van der Waals surface area (Å²) in [5.74, 6) is 0.548. The molecule has 1 aromatic heterocycles. The van der Waals surface area contributed by atoms with Gasteiger partial charge in [-0.3, -0.25) is 4.79 Å². The molecular formula is C11H19N3OS. The molecule has 90 valence electrons. The van der Waals surface area contributed by atoms with Crippen molar-refractivity contribution >= 4 is 22.4 Å². The Hall–Kier alpha value is -0.940. The lowest BCUT2D eigenvalue weighted by Crippen LogP contribution is -2.13. The van der Waals surface area contributed by atoms with Gasteiger partial charge in [0.25, 0.3) is 0 Å². The number of nitrogens with zero attached hydrogens (tertiary/aromatic N) is 1. The minimum atomic E-state index is 0.0400. The number of hydrogen-bond acceptors (Lipinski definition) is 4. The summed E-state index contributed by atoms with van der Waals surface area (Å²) in [7, 11) is 0. The SMILES string of the molecule is Cc1cnc(NC(=O)CCC(C)CCN)s1. The molecule has 0 fully saturated rings. The second-order valence-electron chi connectivity index (χ2n) is 4.05. The Kier molecular flexibility index (Phi) is 5.42. The number of anilines is 1. The number of aromatic nitrogens is 1. The molecular weight excluding hydrogens is 222 g/mol. The van der Waals surface area contributed by atoms with E-state index in [0.717, 1.165) is 17.7 Å². The largest absolute Gasteiger partial charge is 0.330 e. The summed E-state index contributed by atoms with van der Waals surface area (Å²) in [6.45, 7) is 4.78. The minimum absolute atomic E-state index is 0.0400. The van der Waals surface area contributed by atoms with Crippen molar-refractivity contribution in [3.05, 3.63) is 11.1 Å². The van der Waals surface area contributed by atoms with Crippen LogP contribution in [-0.2, 0) is 4.79 Å². The third-order valence-electron chi connectivity index (χ3n) is 2.39. The average molecular weight is 241 g/mol. The lowest BCUT2D eigenvalue weighted by Gasteiger charge is -2.08. The number of nitrogens with one attached hydrogen (secondary N) is 1. The quantitative estimate of drug-likeness (QED) is 0.802. The van der Waals surface area contributed by atoms with Crippen molar-refractivity contribution in [3.63, 3.8) is 0 Å². The van der Waals surface area contributed by atoms with Gasteiger partial charge in [-0.25, -0.2) is 4.98 Å². The predicted octanol–water partition coefficient (Wildman–Crippen LogP) is 2.16. The van der Waals surface area contributed by atoms with E-state index in [9.17, 15) is 4.79 Å². The number of amides is 1. The van der Waals surface area contributed by atoms with E-state index in [1.807, 2.05) is 6.92 Å². The average Bonchev–Trinajstić information content (AvgIpc) is 2.61. The zero-order valence-electron chi connectivity index (χ0n) is 9.82. The smallest absolute Gasteiger partial charge is 0.226 e. The molecule has 4 nitrogen and oxygen atoms in total.